The lowest BCUT2D eigenvalue weighted by atomic mass is 10.0. The standard InChI is InChI=1S/C14H16O2S/c1-16-14-7-3-2-5-11(14)9-12(15)10-13-6-4-8-17-13/h2-8,12,15H,9-10H2,1H3. The molecule has 1 aromatic carbocycles. The van der Waals surface area contributed by atoms with Crippen molar-refractivity contribution in [1.29, 1.82) is 0 Å². The van der Waals surface area contributed by atoms with Gasteiger partial charge in [-0.05, 0) is 23.1 Å². The van der Waals surface area contributed by atoms with Crippen LogP contribution < -0.4 is 4.74 Å². The Morgan fingerprint density at radius 3 is 2.71 bits per heavy atom. The molecule has 1 N–H and O–H groups in total. The van der Waals surface area contributed by atoms with Crippen LogP contribution in [0, 0.1) is 0 Å². The van der Waals surface area contributed by atoms with Crippen LogP contribution in [-0.2, 0) is 12.8 Å². The van der Waals surface area contributed by atoms with Gasteiger partial charge in [-0.15, -0.1) is 11.3 Å². The predicted molar refractivity (Wildman–Crippen MR) is 70.7 cm³/mol. The molecule has 2 rings (SSSR count). The second-order valence-electron chi connectivity index (χ2n) is 3.95. The van der Waals surface area contributed by atoms with E-state index in [0.29, 0.717) is 12.8 Å². The van der Waals surface area contributed by atoms with E-state index in [4.69, 9.17) is 4.74 Å². The van der Waals surface area contributed by atoms with E-state index in [-0.39, 0.29) is 6.10 Å². The zero-order valence-electron chi connectivity index (χ0n) is 9.80. The summed E-state index contributed by atoms with van der Waals surface area (Å²) in [5, 5.41) is 12.1. The minimum absolute atomic E-state index is 0.357. The van der Waals surface area contributed by atoms with Gasteiger partial charge in [0, 0.05) is 17.7 Å². The van der Waals surface area contributed by atoms with Gasteiger partial charge in [-0.2, -0.15) is 0 Å². The molecule has 0 spiro atoms. The lowest BCUT2D eigenvalue weighted by molar-refractivity contribution is 0.175. The first-order valence-electron chi connectivity index (χ1n) is 5.62. The highest BCUT2D eigenvalue weighted by Crippen LogP contribution is 2.20. The molecule has 0 bridgehead atoms. The second-order valence-corrected chi connectivity index (χ2v) is 4.99. The van der Waals surface area contributed by atoms with Crippen molar-refractivity contribution in [3.63, 3.8) is 0 Å². The van der Waals surface area contributed by atoms with Crippen LogP contribution in [0.15, 0.2) is 41.8 Å². The maximum atomic E-state index is 10.0. The van der Waals surface area contributed by atoms with Gasteiger partial charge >= 0.3 is 0 Å². The largest absolute Gasteiger partial charge is 0.496 e. The van der Waals surface area contributed by atoms with Crippen molar-refractivity contribution in [2.24, 2.45) is 0 Å². The fourth-order valence-corrected chi connectivity index (χ4v) is 2.64. The number of thiophene rings is 1. The predicted octanol–water partition coefficient (Wildman–Crippen LogP) is 2.90. The van der Waals surface area contributed by atoms with E-state index in [1.165, 1.54) is 4.88 Å². The van der Waals surface area contributed by atoms with Crippen LogP contribution in [0.1, 0.15) is 10.4 Å². The minimum atomic E-state index is -0.357. The molecule has 0 amide bonds. The molecule has 0 saturated heterocycles. The van der Waals surface area contributed by atoms with Crippen molar-refractivity contribution in [3.05, 3.63) is 52.2 Å². The molecule has 0 fully saturated rings. The first-order chi connectivity index (χ1) is 8.29. The molecule has 1 atom stereocenters. The Labute approximate surface area is 105 Å². The molecule has 0 aliphatic heterocycles. The molecule has 1 aromatic heterocycles. The van der Waals surface area contributed by atoms with Gasteiger partial charge in [0.25, 0.3) is 0 Å². The third-order valence-corrected chi connectivity index (χ3v) is 3.56. The molecule has 1 unspecified atom stereocenters. The Hall–Kier alpha value is -1.32. The van der Waals surface area contributed by atoms with Gasteiger partial charge in [0.2, 0.25) is 0 Å². The summed E-state index contributed by atoms with van der Waals surface area (Å²) in [5.41, 5.74) is 1.05. The summed E-state index contributed by atoms with van der Waals surface area (Å²) in [6.07, 6.45) is 0.974. The van der Waals surface area contributed by atoms with Crippen molar-refractivity contribution in [1.82, 2.24) is 0 Å². The summed E-state index contributed by atoms with van der Waals surface area (Å²) >= 11 is 1.68. The van der Waals surface area contributed by atoms with Crippen LogP contribution in [0.3, 0.4) is 0 Å². The van der Waals surface area contributed by atoms with E-state index in [9.17, 15) is 5.11 Å². The molecule has 0 aliphatic rings. The Morgan fingerprint density at radius 2 is 2.00 bits per heavy atom. The third kappa shape index (κ3) is 3.32. The van der Waals surface area contributed by atoms with Crippen LogP contribution >= 0.6 is 11.3 Å². The topological polar surface area (TPSA) is 29.5 Å². The number of aliphatic hydroxyl groups excluding tert-OH is 1. The number of para-hydroxylation sites is 1. The molecule has 2 aromatic rings. The molecule has 0 radical (unpaired) electrons. The van der Waals surface area contributed by atoms with Crippen molar-refractivity contribution >= 4 is 11.3 Å². The number of ether oxygens (including phenoxy) is 1. The van der Waals surface area contributed by atoms with E-state index in [2.05, 4.69) is 6.07 Å². The number of aliphatic hydroxyl groups is 1. The Balaban J connectivity index is 2.00. The van der Waals surface area contributed by atoms with E-state index in [1.807, 2.05) is 35.7 Å². The average molecular weight is 248 g/mol. The zero-order chi connectivity index (χ0) is 12.1. The molecule has 3 heteroatoms. The van der Waals surface area contributed by atoms with Gasteiger partial charge in [0.1, 0.15) is 5.75 Å². The summed E-state index contributed by atoms with van der Waals surface area (Å²) in [7, 11) is 1.66. The first kappa shape index (κ1) is 12.1. The molecule has 1 heterocycles. The number of benzene rings is 1. The summed E-state index contributed by atoms with van der Waals surface area (Å²) < 4.78 is 5.27. The highest BCUT2D eigenvalue weighted by molar-refractivity contribution is 7.09. The van der Waals surface area contributed by atoms with Crippen molar-refractivity contribution in [2.75, 3.05) is 7.11 Å². The summed E-state index contributed by atoms with van der Waals surface area (Å²) in [6, 6.07) is 11.9. The summed E-state index contributed by atoms with van der Waals surface area (Å²) in [6.45, 7) is 0. The maximum Gasteiger partial charge on any atom is 0.122 e. The smallest absolute Gasteiger partial charge is 0.122 e. The van der Waals surface area contributed by atoms with Gasteiger partial charge in [-0.3, -0.25) is 0 Å². The van der Waals surface area contributed by atoms with E-state index < -0.39 is 0 Å². The van der Waals surface area contributed by atoms with Gasteiger partial charge in [-0.25, -0.2) is 0 Å². The maximum absolute atomic E-state index is 10.0. The van der Waals surface area contributed by atoms with Crippen LogP contribution in [0.25, 0.3) is 0 Å². The van der Waals surface area contributed by atoms with Gasteiger partial charge < -0.3 is 9.84 Å². The van der Waals surface area contributed by atoms with Crippen LogP contribution in [0.4, 0.5) is 0 Å². The number of methoxy groups -OCH3 is 1. The molecule has 0 saturated carbocycles. The lowest BCUT2D eigenvalue weighted by Crippen LogP contribution is -2.13. The van der Waals surface area contributed by atoms with Crippen LogP contribution in [-0.4, -0.2) is 18.3 Å². The number of hydrogen-bond donors (Lipinski definition) is 1. The number of hydrogen-bond acceptors (Lipinski definition) is 3. The Morgan fingerprint density at radius 1 is 1.18 bits per heavy atom. The summed E-state index contributed by atoms with van der Waals surface area (Å²) in [5.74, 6) is 0.845. The van der Waals surface area contributed by atoms with Gasteiger partial charge in [0.15, 0.2) is 0 Å². The van der Waals surface area contributed by atoms with E-state index in [1.54, 1.807) is 18.4 Å². The summed E-state index contributed by atoms with van der Waals surface area (Å²) in [4.78, 5) is 1.22. The van der Waals surface area contributed by atoms with E-state index >= 15 is 0 Å². The van der Waals surface area contributed by atoms with Crippen LogP contribution in [0.2, 0.25) is 0 Å². The molecular weight excluding hydrogens is 232 g/mol. The van der Waals surface area contributed by atoms with Crippen molar-refractivity contribution in [2.45, 2.75) is 18.9 Å². The second kappa shape index (κ2) is 5.84. The highest BCUT2D eigenvalue weighted by atomic mass is 32.1. The van der Waals surface area contributed by atoms with Gasteiger partial charge in [0.05, 0.1) is 13.2 Å². The molecule has 0 aliphatic carbocycles. The Bertz CT molecular complexity index is 451. The monoisotopic (exact) mass is 248 g/mol. The molecular formula is C14H16O2S. The van der Waals surface area contributed by atoms with Gasteiger partial charge in [-0.1, -0.05) is 24.3 Å². The minimum Gasteiger partial charge on any atom is -0.496 e. The number of rotatable bonds is 5. The molecule has 17 heavy (non-hydrogen) atoms. The highest BCUT2D eigenvalue weighted by Gasteiger charge is 2.10. The lowest BCUT2D eigenvalue weighted by Gasteiger charge is -2.12. The van der Waals surface area contributed by atoms with Crippen molar-refractivity contribution in [3.8, 4) is 5.75 Å². The zero-order valence-corrected chi connectivity index (χ0v) is 10.6. The quantitative estimate of drug-likeness (QED) is 0.881. The van der Waals surface area contributed by atoms with Crippen molar-refractivity contribution < 1.29 is 9.84 Å². The Kier molecular flexibility index (Phi) is 4.18. The molecule has 2 nitrogen and oxygen atoms in total. The SMILES string of the molecule is COc1ccccc1CC(O)Cc1cccs1. The normalized spacial score (nSPS) is 12.4. The molecule has 90 valence electrons. The fraction of sp³-hybridized carbons (Fsp3) is 0.286. The van der Waals surface area contributed by atoms with E-state index in [0.717, 1.165) is 11.3 Å². The average Bonchev–Trinajstić information content (AvgIpc) is 2.82. The van der Waals surface area contributed by atoms with Crippen LogP contribution in [0.5, 0.6) is 5.75 Å². The first-order valence-corrected chi connectivity index (χ1v) is 6.50. The fourth-order valence-electron chi connectivity index (χ4n) is 1.86. The third-order valence-electron chi connectivity index (χ3n) is 2.66.